The Kier molecular flexibility index (Phi) is 4.63. The second kappa shape index (κ2) is 6.08. The highest BCUT2D eigenvalue weighted by molar-refractivity contribution is 6.30. The number of hydrogen-bond acceptors (Lipinski definition) is 1. The molecule has 2 aromatic rings. The van der Waals surface area contributed by atoms with Crippen molar-refractivity contribution in [1.29, 1.82) is 0 Å². The smallest absolute Gasteiger partial charge is 0.132 e. The van der Waals surface area contributed by atoms with Gasteiger partial charge in [-0.15, -0.1) is 11.6 Å². The van der Waals surface area contributed by atoms with Crippen LogP contribution in [0, 0.1) is 11.6 Å². The van der Waals surface area contributed by atoms with Crippen LogP contribution in [0.25, 0.3) is 0 Å². The van der Waals surface area contributed by atoms with Crippen molar-refractivity contribution < 1.29 is 13.9 Å². The molecule has 0 amide bonds. The predicted molar refractivity (Wildman–Crippen MR) is 76.1 cm³/mol. The molecule has 0 aliphatic heterocycles. The van der Waals surface area contributed by atoms with Crippen LogP contribution in [-0.2, 0) is 12.0 Å². The fraction of sp³-hybridized carbons (Fsp3) is 0.200. The normalized spacial score (nSPS) is 14.1. The Labute approximate surface area is 125 Å². The van der Waals surface area contributed by atoms with Crippen LogP contribution in [0.15, 0.2) is 42.5 Å². The molecule has 0 saturated carbocycles. The quantitative estimate of drug-likeness (QED) is 0.834. The third-order valence-electron chi connectivity index (χ3n) is 3.04. The van der Waals surface area contributed by atoms with Gasteiger partial charge in [0, 0.05) is 23.1 Å². The van der Waals surface area contributed by atoms with Crippen molar-refractivity contribution in [3.8, 4) is 0 Å². The third-order valence-corrected chi connectivity index (χ3v) is 3.72. The summed E-state index contributed by atoms with van der Waals surface area (Å²) in [6.45, 7) is 0. The van der Waals surface area contributed by atoms with Crippen molar-refractivity contribution >= 4 is 23.2 Å². The monoisotopic (exact) mass is 316 g/mol. The van der Waals surface area contributed by atoms with Gasteiger partial charge in [-0.3, -0.25) is 0 Å². The van der Waals surface area contributed by atoms with Crippen molar-refractivity contribution in [1.82, 2.24) is 0 Å². The minimum atomic E-state index is -1.62. The molecule has 0 fully saturated rings. The van der Waals surface area contributed by atoms with Crippen LogP contribution in [0.3, 0.4) is 0 Å². The number of alkyl halides is 1. The molecule has 0 saturated heterocycles. The van der Waals surface area contributed by atoms with Crippen LogP contribution in [0.5, 0.6) is 0 Å². The molecule has 1 unspecified atom stereocenters. The Balaban J connectivity index is 2.38. The second-order valence-corrected chi connectivity index (χ2v) is 5.30. The number of benzene rings is 2. The molecule has 1 N–H and O–H groups in total. The summed E-state index contributed by atoms with van der Waals surface area (Å²) in [6, 6.07) is 9.87. The topological polar surface area (TPSA) is 20.2 Å². The summed E-state index contributed by atoms with van der Waals surface area (Å²) in [6.07, 6.45) is 0.0829. The van der Waals surface area contributed by atoms with E-state index in [1.807, 2.05) is 0 Å². The third kappa shape index (κ3) is 3.29. The SMILES string of the molecule is OC(CCl)(Cc1cccc(Cl)c1)c1ccc(F)cc1F. The standard InChI is InChI=1S/C15H12Cl2F2O/c16-9-15(20,8-10-2-1-3-11(17)6-10)13-5-4-12(18)7-14(13)19/h1-7,20H,8-9H2. The Morgan fingerprint density at radius 1 is 1.10 bits per heavy atom. The number of halogens is 4. The zero-order valence-corrected chi connectivity index (χ0v) is 11.9. The molecule has 0 radical (unpaired) electrons. The summed E-state index contributed by atoms with van der Waals surface area (Å²) in [7, 11) is 0. The van der Waals surface area contributed by atoms with E-state index < -0.39 is 17.2 Å². The molecular formula is C15H12Cl2F2O. The van der Waals surface area contributed by atoms with Crippen molar-refractivity contribution in [2.45, 2.75) is 12.0 Å². The van der Waals surface area contributed by atoms with Crippen molar-refractivity contribution in [3.63, 3.8) is 0 Å². The highest BCUT2D eigenvalue weighted by Gasteiger charge is 2.31. The molecule has 0 spiro atoms. The van der Waals surface area contributed by atoms with Crippen LogP contribution < -0.4 is 0 Å². The summed E-state index contributed by atoms with van der Waals surface area (Å²) in [5.74, 6) is -1.75. The van der Waals surface area contributed by atoms with E-state index in [1.54, 1.807) is 24.3 Å². The number of rotatable bonds is 4. The van der Waals surface area contributed by atoms with Crippen molar-refractivity contribution in [3.05, 3.63) is 70.2 Å². The lowest BCUT2D eigenvalue weighted by atomic mass is 9.88. The molecule has 5 heteroatoms. The van der Waals surface area contributed by atoms with E-state index in [2.05, 4.69) is 0 Å². The molecule has 0 aromatic heterocycles. The Morgan fingerprint density at radius 3 is 2.45 bits per heavy atom. The summed E-state index contributed by atoms with van der Waals surface area (Å²) >= 11 is 11.7. The lowest BCUT2D eigenvalue weighted by molar-refractivity contribution is 0.0575. The molecule has 0 aliphatic carbocycles. The fourth-order valence-electron chi connectivity index (χ4n) is 2.07. The van der Waals surface area contributed by atoms with Gasteiger partial charge in [0.05, 0.1) is 5.88 Å². The maximum absolute atomic E-state index is 13.8. The highest BCUT2D eigenvalue weighted by Crippen LogP contribution is 2.30. The minimum absolute atomic E-state index is 0.0334. The highest BCUT2D eigenvalue weighted by atomic mass is 35.5. The van der Waals surface area contributed by atoms with Gasteiger partial charge in [-0.1, -0.05) is 29.8 Å². The zero-order valence-electron chi connectivity index (χ0n) is 10.4. The van der Waals surface area contributed by atoms with Gasteiger partial charge in [-0.25, -0.2) is 8.78 Å². The molecule has 0 bridgehead atoms. The van der Waals surface area contributed by atoms with Crippen LogP contribution in [0.2, 0.25) is 5.02 Å². The van der Waals surface area contributed by atoms with Gasteiger partial charge >= 0.3 is 0 Å². The van der Waals surface area contributed by atoms with Crippen LogP contribution in [0.1, 0.15) is 11.1 Å². The maximum atomic E-state index is 13.8. The number of aliphatic hydroxyl groups is 1. The molecule has 20 heavy (non-hydrogen) atoms. The lowest BCUT2D eigenvalue weighted by Crippen LogP contribution is -2.32. The predicted octanol–water partition coefficient (Wildman–Crippen LogP) is 4.29. The zero-order chi connectivity index (χ0) is 14.8. The Morgan fingerprint density at radius 2 is 1.85 bits per heavy atom. The molecule has 2 aromatic carbocycles. The van der Waals surface area contributed by atoms with E-state index >= 15 is 0 Å². The van der Waals surface area contributed by atoms with E-state index in [4.69, 9.17) is 23.2 Å². The largest absolute Gasteiger partial charge is 0.383 e. The Hall–Kier alpha value is -1.16. The van der Waals surface area contributed by atoms with E-state index in [0.29, 0.717) is 10.6 Å². The number of hydrogen-bond donors (Lipinski definition) is 1. The molecule has 2 rings (SSSR count). The first-order chi connectivity index (χ1) is 9.44. The molecule has 0 aliphatic rings. The van der Waals surface area contributed by atoms with E-state index in [9.17, 15) is 13.9 Å². The van der Waals surface area contributed by atoms with Crippen LogP contribution in [-0.4, -0.2) is 11.0 Å². The van der Waals surface area contributed by atoms with Crippen molar-refractivity contribution in [2.24, 2.45) is 0 Å². The van der Waals surface area contributed by atoms with Gasteiger partial charge in [-0.2, -0.15) is 0 Å². The first kappa shape index (κ1) is 15.2. The van der Waals surface area contributed by atoms with E-state index in [1.165, 1.54) is 6.07 Å². The lowest BCUT2D eigenvalue weighted by Gasteiger charge is -2.27. The summed E-state index contributed by atoms with van der Waals surface area (Å²) in [4.78, 5) is 0. The summed E-state index contributed by atoms with van der Waals surface area (Å²) < 4.78 is 26.8. The average Bonchev–Trinajstić information content (AvgIpc) is 2.38. The van der Waals surface area contributed by atoms with Gasteiger partial charge in [0.1, 0.15) is 17.2 Å². The van der Waals surface area contributed by atoms with Gasteiger partial charge in [-0.05, 0) is 23.8 Å². The first-order valence-electron chi connectivity index (χ1n) is 5.93. The van der Waals surface area contributed by atoms with Gasteiger partial charge in [0.2, 0.25) is 0 Å². The first-order valence-corrected chi connectivity index (χ1v) is 6.84. The van der Waals surface area contributed by atoms with E-state index in [0.717, 1.165) is 12.1 Å². The second-order valence-electron chi connectivity index (χ2n) is 4.60. The molecule has 0 heterocycles. The summed E-state index contributed by atoms with van der Waals surface area (Å²) in [5, 5.41) is 11.1. The van der Waals surface area contributed by atoms with Crippen molar-refractivity contribution in [2.75, 3.05) is 5.88 Å². The molecular weight excluding hydrogens is 305 g/mol. The molecule has 106 valence electrons. The van der Waals surface area contributed by atoms with E-state index in [-0.39, 0.29) is 17.9 Å². The van der Waals surface area contributed by atoms with Gasteiger partial charge in [0.25, 0.3) is 0 Å². The average molecular weight is 317 g/mol. The van der Waals surface area contributed by atoms with Crippen LogP contribution in [0.4, 0.5) is 8.78 Å². The Bertz CT molecular complexity index is 619. The summed E-state index contributed by atoms with van der Waals surface area (Å²) in [5.41, 5.74) is -0.942. The molecule has 1 nitrogen and oxygen atoms in total. The van der Waals surface area contributed by atoms with Gasteiger partial charge < -0.3 is 5.11 Å². The molecule has 1 atom stereocenters. The van der Waals surface area contributed by atoms with Crippen LogP contribution >= 0.6 is 23.2 Å². The minimum Gasteiger partial charge on any atom is -0.383 e. The maximum Gasteiger partial charge on any atom is 0.132 e. The fourth-order valence-corrected chi connectivity index (χ4v) is 2.52. The van der Waals surface area contributed by atoms with Gasteiger partial charge in [0.15, 0.2) is 0 Å².